The molecule has 1 amide bonds. The summed E-state index contributed by atoms with van der Waals surface area (Å²) in [6.45, 7) is 1.33. The number of amides is 1. The van der Waals surface area contributed by atoms with Crippen LogP contribution in [0.15, 0.2) is 30.4 Å². The van der Waals surface area contributed by atoms with E-state index in [1.165, 1.54) is 5.56 Å². The summed E-state index contributed by atoms with van der Waals surface area (Å²) in [7, 11) is 0. The lowest BCUT2D eigenvalue weighted by Crippen LogP contribution is -2.39. The van der Waals surface area contributed by atoms with E-state index < -0.39 is 0 Å². The molecule has 19 heavy (non-hydrogen) atoms. The zero-order valence-electron chi connectivity index (χ0n) is 10.7. The fraction of sp³-hybridized carbons (Fsp3) is 0.400. The van der Waals surface area contributed by atoms with Crippen LogP contribution in [0.25, 0.3) is 0 Å². The van der Waals surface area contributed by atoms with E-state index in [4.69, 9.17) is 5.73 Å². The summed E-state index contributed by atoms with van der Waals surface area (Å²) >= 11 is 0. The van der Waals surface area contributed by atoms with Crippen molar-refractivity contribution in [3.63, 3.8) is 0 Å². The van der Waals surface area contributed by atoms with Gasteiger partial charge < -0.3 is 15.7 Å². The summed E-state index contributed by atoms with van der Waals surface area (Å²) in [6, 6.07) is 5.41. The predicted molar refractivity (Wildman–Crippen MR) is 72.5 cm³/mol. The van der Waals surface area contributed by atoms with Crippen LogP contribution < -0.4 is 5.73 Å². The molecule has 3 rings (SSSR count). The van der Waals surface area contributed by atoms with Gasteiger partial charge in [0.2, 0.25) is 5.91 Å². The van der Waals surface area contributed by atoms with Crippen molar-refractivity contribution in [2.75, 3.05) is 6.54 Å². The second-order valence-corrected chi connectivity index (χ2v) is 5.35. The van der Waals surface area contributed by atoms with Gasteiger partial charge in [-0.05, 0) is 36.1 Å². The lowest BCUT2D eigenvalue weighted by molar-refractivity contribution is -0.135. The molecule has 0 saturated carbocycles. The number of carbonyl (C=O) groups is 1. The molecule has 0 bridgehead atoms. The first-order valence-electron chi connectivity index (χ1n) is 6.67. The molecule has 2 unspecified atom stereocenters. The normalized spacial score (nSPS) is 25.4. The maximum absolute atomic E-state index is 12.4. The molecule has 2 aliphatic rings. The number of hydrogen-bond acceptors (Lipinski definition) is 3. The number of carbonyl (C=O) groups excluding carboxylic acids is 1. The van der Waals surface area contributed by atoms with Crippen LogP contribution in [0.1, 0.15) is 17.5 Å². The molecule has 0 aromatic heterocycles. The van der Waals surface area contributed by atoms with Gasteiger partial charge in [-0.25, -0.2) is 0 Å². The molecule has 4 nitrogen and oxygen atoms in total. The lowest BCUT2D eigenvalue weighted by Gasteiger charge is -2.30. The Kier molecular flexibility index (Phi) is 3.03. The quantitative estimate of drug-likeness (QED) is 0.743. The predicted octanol–water partition coefficient (Wildman–Crippen LogP) is 1.18. The fourth-order valence-corrected chi connectivity index (χ4v) is 2.88. The third kappa shape index (κ3) is 2.36. The van der Waals surface area contributed by atoms with Crippen LogP contribution in [-0.4, -0.2) is 28.5 Å². The minimum Gasteiger partial charge on any atom is -0.508 e. The summed E-state index contributed by atoms with van der Waals surface area (Å²) in [5.74, 6) is 0.336. The molecule has 4 heteroatoms. The Morgan fingerprint density at radius 1 is 1.32 bits per heavy atom. The molecular weight excluding hydrogens is 240 g/mol. The van der Waals surface area contributed by atoms with Gasteiger partial charge in [-0.1, -0.05) is 18.2 Å². The smallest absolute Gasteiger partial charge is 0.229 e. The molecule has 1 aliphatic carbocycles. The van der Waals surface area contributed by atoms with Crippen LogP contribution in [0.3, 0.4) is 0 Å². The number of rotatable bonds is 1. The molecule has 100 valence electrons. The van der Waals surface area contributed by atoms with Gasteiger partial charge in [0.1, 0.15) is 5.75 Å². The maximum atomic E-state index is 12.4. The van der Waals surface area contributed by atoms with Crippen molar-refractivity contribution in [2.24, 2.45) is 11.7 Å². The fourth-order valence-electron chi connectivity index (χ4n) is 2.88. The standard InChI is InChI=1S/C15H18N2O2/c16-13-3-1-11(7-13)15(19)17-6-5-10-2-4-14(18)8-12(10)9-17/h1-4,8,11,13,18H,5-7,9,16H2. The molecular formula is C15H18N2O2. The Morgan fingerprint density at radius 2 is 2.16 bits per heavy atom. The Bertz CT molecular complexity index is 539. The van der Waals surface area contributed by atoms with Crippen molar-refractivity contribution >= 4 is 5.91 Å². The number of phenolic OH excluding ortho intramolecular Hbond substituents is 1. The Labute approximate surface area is 112 Å². The van der Waals surface area contributed by atoms with E-state index in [1.807, 2.05) is 23.1 Å². The van der Waals surface area contributed by atoms with Gasteiger partial charge in [-0.2, -0.15) is 0 Å². The second-order valence-electron chi connectivity index (χ2n) is 5.35. The summed E-state index contributed by atoms with van der Waals surface area (Å²) < 4.78 is 0. The third-order valence-electron chi connectivity index (χ3n) is 3.95. The van der Waals surface area contributed by atoms with E-state index in [0.29, 0.717) is 13.0 Å². The van der Waals surface area contributed by atoms with E-state index in [-0.39, 0.29) is 23.6 Å². The first kappa shape index (κ1) is 12.2. The maximum Gasteiger partial charge on any atom is 0.229 e. The zero-order valence-corrected chi connectivity index (χ0v) is 10.7. The molecule has 1 heterocycles. The number of fused-ring (bicyclic) bond motifs is 1. The molecule has 0 radical (unpaired) electrons. The Balaban J connectivity index is 1.75. The monoisotopic (exact) mass is 258 g/mol. The van der Waals surface area contributed by atoms with Crippen molar-refractivity contribution < 1.29 is 9.90 Å². The highest BCUT2D eigenvalue weighted by molar-refractivity contribution is 5.81. The van der Waals surface area contributed by atoms with Crippen molar-refractivity contribution in [2.45, 2.75) is 25.4 Å². The largest absolute Gasteiger partial charge is 0.508 e. The zero-order chi connectivity index (χ0) is 13.4. The van der Waals surface area contributed by atoms with Crippen LogP contribution in [0.5, 0.6) is 5.75 Å². The highest BCUT2D eigenvalue weighted by Gasteiger charge is 2.29. The highest BCUT2D eigenvalue weighted by Crippen LogP contribution is 2.26. The van der Waals surface area contributed by atoms with E-state index >= 15 is 0 Å². The molecule has 2 atom stereocenters. The van der Waals surface area contributed by atoms with Crippen LogP contribution in [0, 0.1) is 5.92 Å². The Hall–Kier alpha value is -1.81. The minimum absolute atomic E-state index is 0.00933. The molecule has 3 N–H and O–H groups in total. The average molecular weight is 258 g/mol. The first-order chi connectivity index (χ1) is 9.13. The van der Waals surface area contributed by atoms with Crippen LogP contribution in [-0.2, 0) is 17.8 Å². The molecule has 1 aliphatic heterocycles. The molecule has 1 aromatic rings. The number of nitrogens with zero attached hydrogens (tertiary/aromatic N) is 1. The molecule has 0 saturated heterocycles. The average Bonchev–Trinajstić information content (AvgIpc) is 2.83. The number of hydrogen-bond donors (Lipinski definition) is 2. The lowest BCUT2D eigenvalue weighted by atomic mass is 9.97. The summed E-state index contributed by atoms with van der Waals surface area (Å²) in [6.07, 6.45) is 5.39. The number of nitrogens with two attached hydrogens (primary N) is 1. The van der Waals surface area contributed by atoms with Crippen molar-refractivity contribution in [3.05, 3.63) is 41.5 Å². The van der Waals surface area contributed by atoms with Gasteiger partial charge in [0.25, 0.3) is 0 Å². The third-order valence-corrected chi connectivity index (χ3v) is 3.95. The van der Waals surface area contributed by atoms with Crippen LogP contribution >= 0.6 is 0 Å². The van der Waals surface area contributed by atoms with Gasteiger partial charge in [0, 0.05) is 19.1 Å². The van der Waals surface area contributed by atoms with Crippen LogP contribution in [0.2, 0.25) is 0 Å². The van der Waals surface area contributed by atoms with Crippen molar-refractivity contribution in [1.29, 1.82) is 0 Å². The summed E-state index contributed by atoms with van der Waals surface area (Å²) in [5, 5.41) is 9.53. The van der Waals surface area contributed by atoms with Crippen LogP contribution in [0.4, 0.5) is 0 Å². The van der Waals surface area contributed by atoms with E-state index in [9.17, 15) is 9.90 Å². The van der Waals surface area contributed by atoms with Gasteiger partial charge >= 0.3 is 0 Å². The van der Waals surface area contributed by atoms with Crippen molar-refractivity contribution in [1.82, 2.24) is 4.90 Å². The second kappa shape index (κ2) is 4.70. The molecule has 1 aromatic carbocycles. The number of aromatic hydroxyl groups is 1. The first-order valence-corrected chi connectivity index (χ1v) is 6.67. The van der Waals surface area contributed by atoms with Crippen molar-refractivity contribution in [3.8, 4) is 5.75 Å². The molecule has 0 fully saturated rings. The van der Waals surface area contributed by atoms with Gasteiger partial charge in [0.05, 0.1) is 5.92 Å². The molecule has 0 spiro atoms. The summed E-state index contributed by atoms with van der Waals surface area (Å²) in [5.41, 5.74) is 8.07. The van der Waals surface area contributed by atoms with Gasteiger partial charge in [-0.15, -0.1) is 0 Å². The van der Waals surface area contributed by atoms with Gasteiger partial charge in [0.15, 0.2) is 0 Å². The summed E-state index contributed by atoms with van der Waals surface area (Å²) in [4.78, 5) is 14.3. The number of benzene rings is 1. The SMILES string of the molecule is NC1C=CC(C(=O)N2CCc3ccc(O)cc3C2)C1. The van der Waals surface area contributed by atoms with E-state index in [2.05, 4.69) is 0 Å². The van der Waals surface area contributed by atoms with E-state index in [1.54, 1.807) is 12.1 Å². The minimum atomic E-state index is -0.0751. The van der Waals surface area contributed by atoms with E-state index in [0.717, 1.165) is 18.5 Å². The highest BCUT2D eigenvalue weighted by atomic mass is 16.3. The van der Waals surface area contributed by atoms with Gasteiger partial charge in [-0.3, -0.25) is 4.79 Å². The Morgan fingerprint density at radius 3 is 2.89 bits per heavy atom. The number of phenols is 1. The topological polar surface area (TPSA) is 66.6 Å².